The molecular weight excluding hydrogens is 296 g/mol. The van der Waals surface area contributed by atoms with E-state index in [0.29, 0.717) is 10.8 Å². The molecule has 0 atom stereocenters. The highest BCUT2D eigenvalue weighted by Gasteiger charge is 2.12. The first-order valence-corrected chi connectivity index (χ1v) is 7.04. The Kier molecular flexibility index (Phi) is 3.66. The highest BCUT2D eigenvalue weighted by atomic mass is 32.2. The maximum atomic E-state index is 13.1. The summed E-state index contributed by atoms with van der Waals surface area (Å²) in [5.41, 5.74) is 0.815. The first-order valence-electron chi connectivity index (χ1n) is 6.06. The summed E-state index contributed by atoms with van der Waals surface area (Å²) in [6.07, 6.45) is 1.79. The molecule has 0 saturated heterocycles. The first-order chi connectivity index (χ1) is 10.1. The van der Waals surface area contributed by atoms with Crippen molar-refractivity contribution < 1.29 is 13.6 Å². The number of rotatable bonds is 4. The lowest BCUT2D eigenvalue weighted by Gasteiger charge is -2.01. The van der Waals surface area contributed by atoms with Crippen LogP contribution in [0.25, 0.3) is 5.65 Å². The van der Waals surface area contributed by atoms with Gasteiger partial charge in [0.2, 0.25) is 0 Å². The van der Waals surface area contributed by atoms with Gasteiger partial charge in [0.1, 0.15) is 0 Å². The van der Waals surface area contributed by atoms with Crippen LogP contribution in [0.2, 0.25) is 0 Å². The molecule has 4 nitrogen and oxygen atoms in total. The van der Waals surface area contributed by atoms with Crippen molar-refractivity contribution in [1.82, 2.24) is 14.6 Å². The molecule has 0 unspecified atom stereocenters. The van der Waals surface area contributed by atoms with Gasteiger partial charge in [-0.05, 0) is 30.3 Å². The minimum atomic E-state index is -1.03. The number of aromatic nitrogens is 3. The maximum absolute atomic E-state index is 13.1. The third-order valence-electron chi connectivity index (χ3n) is 2.86. The Morgan fingerprint density at radius 2 is 2.00 bits per heavy atom. The molecule has 0 aliphatic carbocycles. The summed E-state index contributed by atoms with van der Waals surface area (Å²) in [6.45, 7) is 0. The molecule has 21 heavy (non-hydrogen) atoms. The number of pyridine rings is 1. The Bertz CT molecular complexity index is 819. The second-order valence-corrected chi connectivity index (χ2v) is 5.19. The summed E-state index contributed by atoms with van der Waals surface area (Å²) in [5.74, 6) is -2.23. The Labute approximate surface area is 122 Å². The number of hydrogen-bond donors (Lipinski definition) is 0. The van der Waals surface area contributed by atoms with E-state index in [-0.39, 0.29) is 17.1 Å². The van der Waals surface area contributed by atoms with Crippen molar-refractivity contribution >= 4 is 23.2 Å². The number of thioether (sulfide) groups is 1. The number of carbonyl (C=O) groups excluding carboxylic acids is 1. The zero-order valence-electron chi connectivity index (χ0n) is 10.7. The van der Waals surface area contributed by atoms with Crippen LogP contribution in [-0.4, -0.2) is 26.1 Å². The lowest BCUT2D eigenvalue weighted by atomic mass is 10.1. The van der Waals surface area contributed by atoms with E-state index in [0.717, 1.165) is 12.1 Å². The van der Waals surface area contributed by atoms with Gasteiger partial charge in [-0.25, -0.2) is 8.78 Å². The van der Waals surface area contributed by atoms with E-state index in [1.54, 1.807) is 16.7 Å². The Hall–Kier alpha value is -2.28. The summed E-state index contributed by atoms with van der Waals surface area (Å²) in [6, 6.07) is 8.58. The number of nitrogens with zero attached hydrogens (tertiary/aromatic N) is 3. The molecule has 0 aliphatic rings. The van der Waals surface area contributed by atoms with Crippen LogP contribution in [0.15, 0.2) is 47.8 Å². The molecular formula is C14H9F2N3OS. The molecule has 3 aromatic rings. The number of ketones is 1. The SMILES string of the molecule is O=C(CSc1nnc2ccccn12)c1ccc(F)c(F)c1. The third-order valence-corrected chi connectivity index (χ3v) is 3.80. The quantitative estimate of drug-likeness (QED) is 0.549. The number of carbonyl (C=O) groups is 1. The lowest BCUT2D eigenvalue weighted by Crippen LogP contribution is -2.04. The van der Waals surface area contributed by atoms with Gasteiger partial charge in [0.25, 0.3) is 0 Å². The standard InChI is InChI=1S/C14H9F2N3OS/c15-10-5-4-9(7-11(10)16)12(20)8-21-14-18-17-13-3-1-2-6-19(13)14/h1-7H,8H2. The van der Waals surface area contributed by atoms with E-state index in [1.807, 2.05) is 12.1 Å². The van der Waals surface area contributed by atoms with Crippen molar-refractivity contribution in [2.75, 3.05) is 5.75 Å². The topological polar surface area (TPSA) is 47.3 Å². The summed E-state index contributed by atoms with van der Waals surface area (Å²) in [5, 5.41) is 8.52. The summed E-state index contributed by atoms with van der Waals surface area (Å²) in [7, 11) is 0. The van der Waals surface area contributed by atoms with Gasteiger partial charge in [0, 0.05) is 11.8 Å². The fourth-order valence-electron chi connectivity index (χ4n) is 1.80. The van der Waals surface area contributed by atoms with Crippen molar-refractivity contribution in [3.63, 3.8) is 0 Å². The van der Waals surface area contributed by atoms with Crippen LogP contribution in [0.1, 0.15) is 10.4 Å². The molecule has 3 rings (SSSR count). The second-order valence-electron chi connectivity index (χ2n) is 4.25. The number of halogens is 2. The van der Waals surface area contributed by atoms with Gasteiger partial charge < -0.3 is 0 Å². The zero-order valence-corrected chi connectivity index (χ0v) is 11.5. The maximum Gasteiger partial charge on any atom is 0.196 e. The highest BCUT2D eigenvalue weighted by Crippen LogP contribution is 2.19. The molecule has 1 aromatic carbocycles. The van der Waals surface area contributed by atoms with Gasteiger partial charge in [-0.2, -0.15) is 0 Å². The molecule has 0 fully saturated rings. The van der Waals surface area contributed by atoms with Crippen molar-refractivity contribution in [3.8, 4) is 0 Å². The van der Waals surface area contributed by atoms with E-state index in [2.05, 4.69) is 10.2 Å². The zero-order chi connectivity index (χ0) is 14.8. The van der Waals surface area contributed by atoms with E-state index < -0.39 is 11.6 Å². The van der Waals surface area contributed by atoms with Crippen molar-refractivity contribution in [3.05, 3.63) is 59.8 Å². The van der Waals surface area contributed by atoms with E-state index in [4.69, 9.17) is 0 Å². The minimum Gasteiger partial charge on any atom is -0.293 e. The fraction of sp³-hybridized carbons (Fsp3) is 0.0714. The molecule has 0 spiro atoms. The molecule has 0 amide bonds. The molecule has 0 radical (unpaired) electrons. The first kappa shape index (κ1) is 13.7. The Balaban J connectivity index is 1.75. The summed E-state index contributed by atoms with van der Waals surface area (Å²) < 4.78 is 27.7. The molecule has 0 saturated carbocycles. The third kappa shape index (κ3) is 2.78. The highest BCUT2D eigenvalue weighted by molar-refractivity contribution is 7.99. The average Bonchev–Trinajstić information content (AvgIpc) is 2.91. The fourth-order valence-corrected chi connectivity index (χ4v) is 2.62. The predicted octanol–water partition coefficient (Wildman–Crippen LogP) is 2.98. The smallest absolute Gasteiger partial charge is 0.196 e. The number of Topliss-reactive ketones (excluding diaryl/α,β-unsaturated/α-hetero) is 1. The molecule has 2 aromatic heterocycles. The van der Waals surface area contributed by atoms with Crippen LogP contribution < -0.4 is 0 Å². The second kappa shape index (κ2) is 5.61. The monoisotopic (exact) mass is 305 g/mol. The number of fused-ring (bicyclic) bond motifs is 1. The van der Waals surface area contributed by atoms with Crippen molar-refractivity contribution in [1.29, 1.82) is 0 Å². The van der Waals surface area contributed by atoms with Crippen LogP contribution in [0.3, 0.4) is 0 Å². The van der Waals surface area contributed by atoms with Crippen molar-refractivity contribution in [2.45, 2.75) is 5.16 Å². The van der Waals surface area contributed by atoms with Crippen LogP contribution >= 0.6 is 11.8 Å². The molecule has 0 bridgehead atoms. The van der Waals surface area contributed by atoms with Crippen molar-refractivity contribution in [2.24, 2.45) is 0 Å². The van der Waals surface area contributed by atoms with Crippen LogP contribution in [0.4, 0.5) is 8.78 Å². The van der Waals surface area contributed by atoms with Crippen LogP contribution in [0.5, 0.6) is 0 Å². The number of benzene rings is 1. The Morgan fingerprint density at radius 3 is 2.81 bits per heavy atom. The van der Waals surface area contributed by atoms with E-state index in [9.17, 15) is 13.6 Å². The number of hydrogen-bond acceptors (Lipinski definition) is 4. The molecule has 106 valence electrons. The van der Waals surface area contributed by atoms with Gasteiger partial charge in [-0.1, -0.05) is 17.8 Å². The van der Waals surface area contributed by atoms with Gasteiger partial charge in [0.15, 0.2) is 28.2 Å². The summed E-state index contributed by atoms with van der Waals surface area (Å²) in [4.78, 5) is 12.0. The van der Waals surface area contributed by atoms with Crippen LogP contribution in [0, 0.1) is 11.6 Å². The van der Waals surface area contributed by atoms with E-state index >= 15 is 0 Å². The van der Waals surface area contributed by atoms with E-state index in [1.165, 1.54) is 17.8 Å². The molecule has 0 N–H and O–H groups in total. The molecule has 2 heterocycles. The lowest BCUT2D eigenvalue weighted by molar-refractivity contribution is 0.102. The molecule has 7 heteroatoms. The molecule has 0 aliphatic heterocycles. The largest absolute Gasteiger partial charge is 0.293 e. The van der Waals surface area contributed by atoms with Gasteiger partial charge in [-0.15, -0.1) is 10.2 Å². The Morgan fingerprint density at radius 1 is 1.14 bits per heavy atom. The average molecular weight is 305 g/mol. The normalized spacial score (nSPS) is 11.0. The summed E-state index contributed by atoms with van der Waals surface area (Å²) >= 11 is 1.19. The van der Waals surface area contributed by atoms with Crippen LogP contribution in [-0.2, 0) is 0 Å². The minimum absolute atomic E-state index is 0.0702. The predicted molar refractivity (Wildman–Crippen MR) is 74.4 cm³/mol. The van der Waals surface area contributed by atoms with Gasteiger partial charge >= 0.3 is 0 Å². The van der Waals surface area contributed by atoms with Gasteiger partial charge in [0.05, 0.1) is 5.75 Å². The van der Waals surface area contributed by atoms with Gasteiger partial charge in [-0.3, -0.25) is 9.20 Å².